The fraction of sp³-hybridized carbons (Fsp3) is 0.143. The first-order valence-electron chi connectivity index (χ1n) is 5.64. The van der Waals surface area contributed by atoms with E-state index in [9.17, 15) is 4.39 Å². The highest BCUT2D eigenvalue weighted by molar-refractivity contribution is 9.10. The largest absolute Gasteiger partial charge is 0.378 e. The Morgan fingerprint density at radius 1 is 1.16 bits per heavy atom. The molecule has 2 aromatic carbocycles. The van der Waals surface area contributed by atoms with Crippen LogP contribution < -0.4 is 5.32 Å². The molecule has 0 aromatic heterocycles. The maximum absolute atomic E-state index is 13.4. The van der Waals surface area contributed by atoms with Gasteiger partial charge in [-0.15, -0.1) is 0 Å². The number of hydrogen-bond donors (Lipinski definition) is 1. The highest BCUT2D eigenvalue weighted by atomic mass is 79.9. The third kappa shape index (κ3) is 3.62. The Labute approximate surface area is 129 Å². The first kappa shape index (κ1) is 14.6. The third-order valence-electron chi connectivity index (χ3n) is 2.73. The number of anilines is 1. The van der Waals surface area contributed by atoms with E-state index in [0.717, 1.165) is 5.56 Å². The van der Waals surface area contributed by atoms with Crippen molar-refractivity contribution in [3.63, 3.8) is 0 Å². The van der Waals surface area contributed by atoms with E-state index in [2.05, 4.69) is 21.2 Å². The fourth-order valence-corrected chi connectivity index (χ4v) is 2.47. The molecule has 0 fully saturated rings. The normalized spacial score (nSPS) is 12.3. The summed E-state index contributed by atoms with van der Waals surface area (Å²) in [7, 11) is 0. The second-order valence-corrected chi connectivity index (χ2v) is 5.86. The molecule has 0 saturated carbocycles. The van der Waals surface area contributed by atoms with E-state index >= 15 is 0 Å². The molecule has 2 rings (SSSR count). The molecular weight excluding hydrogens is 352 g/mol. The summed E-state index contributed by atoms with van der Waals surface area (Å²) in [5, 5.41) is 4.44. The number of halogens is 4. The molecule has 0 saturated heterocycles. The van der Waals surface area contributed by atoms with Crippen molar-refractivity contribution in [1.29, 1.82) is 0 Å². The second-order valence-electron chi connectivity index (χ2n) is 4.16. The van der Waals surface area contributed by atoms with Crippen molar-refractivity contribution >= 4 is 44.8 Å². The van der Waals surface area contributed by atoms with Crippen LogP contribution in [0.4, 0.5) is 10.1 Å². The highest BCUT2D eigenvalue weighted by Gasteiger charge is 2.11. The van der Waals surface area contributed by atoms with Crippen LogP contribution in [0.15, 0.2) is 40.9 Å². The number of benzene rings is 2. The van der Waals surface area contributed by atoms with Gasteiger partial charge in [-0.3, -0.25) is 0 Å². The molecule has 0 amide bonds. The molecular formula is C14H11BrCl2FN. The quantitative estimate of drug-likeness (QED) is 0.698. The third-order valence-corrected chi connectivity index (χ3v) is 3.95. The predicted molar refractivity (Wildman–Crippen MR) is 82.6 cm³/mol. The maximum Gasteiger partial charge on any atom is 0.139 e. The standard InChI is InChI=1S/C14H11BrCl2FN/c1-8(11-6-9(16)2-5-13(11)17)19-10-3-4-12(15)14(18)7-10/h2-8,19H,1H3. The van der Waals surface area contributed by atoms with Gasteiger partial charge in [-0.25, -0.2) is 4.39 Å². The topological polar surface area (TPSA) is 12.0 Å². The molecule has 0 aliphatic carbocycles. The minimum absolute atomic E-state index is 0.0771. The molecule has 0 spiro atoms. The van der Waals surface area contributed by atoms with Crippen molar-refractivity contribution in [1.82, 2.24) is 0 Å². The van der Waals surface area contributed by atoms with Crippen molar-refractivity contribution in [2.45, 2.75) is 13.0 Å². The van der Waals surface area contributed by atoms with Crippen LogP contribution in [0.2, 0.25) is 10.0 Å². The predicted octanol–water partition coefficient (Wildman–Crippen LogP) is 6.07. The van der Waals surface area contributed by atoms with Gasteiger partial charge in [-0.05, 0) is 64.8 Å². The lowest BCUT2D eigenvalue weighted by molar-refractivity contribution is 0.621. The summed E-state index contributed by atoms with van der Waals surface area (Å²) in [6, 6.07) is 10.1. The number of hydrogen-bond acceptors (Lipinski definition) is 1. The first-order valence-corrected chi connectivity index (χ1v) is 7.19. The summed E-state index contributed by atoms with van der Waals surface area (Å²) in [5.74, 6) is -0.311. The monoisotopic (exact) mass is 361 g/mol. The summed E-state index contributed by atoms with van der Waals surface area (Å²) in [6.07, 6.45) is 0. The van der Waals surface area contributed by atoms with Gasteiger partial charge in [0.05, 0.1) is 10.5 Å². The van der Waals surface area contributed by atoms with Crippen molar-refractivity contribution in [3.05, 3.63) is 62.3 Å². The van der Waals surface area contributed by atoms with Crippen LogP contribution >= 0.6 is 39.1 Å². The zero-order valence-corrected chi connectivity index (χ0v) is 13.2. The summed E-state index contributed by atoms with van der Waals surface area (Å²) >= 11 is 15.2. The highest BCUT2D eigenvalue weighted by Crippen LogP contribution is 2.29. The zero-order chi connectivity index (χ0) is 14.0. The molecule has 0 heterocycles. The molecule has 1 unspecified atom stereocenters. The van der Waals surface area contributed by atoms with Crippen molar-refractivity contribution in [3.8, 4) is 0 Å². The van der Waals surface area contributed by atoms with Crippen LogP contribution in [0.25, 0.3) is 0 Å². The molecule has 0 aliphatic rings. The lowest BCUT2D eigenvalue weighted by atomic mass is 10.1. The van der Waals surface area contributed by atoms with Crippen LogP contribution in [0.5, 0.6) is 0 Å². The summed E-state index contributed by atoms with van der Waals surface area (Å²) < 4.78 is 13.9. The van der Waals surface area contributed by atoms with E-state index < -0.39 is 0 Å². The molecule has 2 aromatic rings. The molecule has 1 atom stereocenters. The molecule has 1 nitrogen and oxygen atoms in total. The molecule has 5 heteroatoms. The Balaban J connectivity index is 2.22. The van der Waals surface area contributed by atoms with Crippen LogP contribution in [0.1, 0.15) is 18.5 Å². The van der Waals surface area contributed by atoms with E-state index in [1.807, 2.05) is 6.92 Å². The molecule has 0 radical (unpaired) electrons. The Hall–Kier alpha value is -0.770. The van der Waals surface area contributed by atoms with E-state index in [4.69, 9.17) is 23.2 Å². The van der Waals surface area contributed by atoms with Gasteiger partial charge in [0, 0.05) is 15.7 Å². The van der Waals surface area contributed by atoms with Crippen LogP contribution in [0, 0.1) is 5.82 Å². The second kappa shape index (κ2) is 6.12. The average molecular weight is 363 g/mol. The van der Waals surface area contributed by atoms with E-state index in [1.165, 1.54) is 6.07 Å². The minimum atomic E-state index is -0.311. The van der Waals surface area contributed by atoms with Crippen LogP contribution in [-0.4, -0.2) is 0 Å². The average Bonchev–Trinajstić information content (AvgIpc) is 2.36. The zero-order valence-electron chi connectivity index (χ0n) is 10.1. The van der Waals surface area contributed by atoms with Crippen molar-refractivity contribution in [2.24, 2.45) is 0 Å². The number of rotatable bonds is 3. The van der Waals surface area contributed by atoms with Gasteiger partial charge < -0.3 is 5.32 Å². The van der Waals surface area contributed by atoms with Crippen LogP contribution in [0.3, 0.4) is 0 Å². The van der Waals surface area contributed by atoms with Gasteiger partial charge in [0.25, 0.3) is 0 Å². The molecule has 0 bridgehead atoms. The van der Waals surface area contributed by atoms with E-state index in [-0.39, 0.29) is 11.9 Å². The summed E-state index contributed by atoms with van der Waals surface area (Å²) in [6.45, 7) is 1.94. The van der Waals surface area contributed by atoms with Gasteiger partial charge in [0.1, 0.15) is 5.82 Å². The maximum atomic E-state index is 13.4. The molecule has 100 valence electrons. The van der Waals surface area contributed by atoms with Gasteiger partial charge in [0.15, 0.2) is 0 Å². The molecule has 1 N–H and O–H groups in total. The van der Waals surface area contributed by atoms with Crippen molar-refractivity contribution in [2.75, 3.05) is 5.32 Å². The summed E-state index contributed by atoms with van der Waals surface area (Å²) in [4.78, 5) is 0. The SMILES string of the molecule is CC(Nc1ccc(Br)c(F)c1)c1cc(Cl)ccc1Cl. The first-order chi connectivity index (χ1) is 8.97. The molecule has 19 heavy (non-hydrogen) atoms. The Morgan fingerprint density at radius 3 is 2.58 bits per heavy atom. The Bertz CT molecular complexity index is 604. The van der Waals surface area contributed by atoms with Gasteiger partial charge in [0.2, 0.25) is 0 Å². The lowest BCUT2D eigenvalue weighted by Gasteiger charge is -2.17. The van der Waals surface area contributed by atoms with E-state index in [1.54, 1.807) is 30.3 Å². The van der Waals surface area contributed by atoms with Gasteiger partial charge in [-0.1, -0.05) is 23.2 Å². The fourth-order valence-electron chi connectivity index (χ4n) is 1.76. The Kier molecular flexibility index (Phi) is 4.71. The smallest absolute Gasteiger partial charge is 0.139 e. The lowest BCUT2D eigenvalue weighted by Crippen LogP contribution is -2.07. The minimum Gasteiger partial charge on any atom is -0.378 e. The van der Waals surface area contributed by atoms with Crippen molar-refractivity contribution < 1.29 is 4.39 Å². The van der Waals surface area contributed by atoms with Gasteiger partial charge in [-0.2, -0.15) is 0 Å². The molecule has 0 aliphatic heterocycles. The summed E-state index contributed by atoms with van der Waals surface area (Å²) in [5.41, 5.74) is 1.56. The number of nitrogens with one attached hydrogen (secondary N) is 1. The van der Waals surface area contributed by atoms with E-state index in [0.29, 0.717) is 20.2 Å². The Morgan fingerprint density at radius 2 is 1.89 bits per heavy atom. The van der Waals surface area contributed by atoms with Crippen LogP contribution in [-0.2, 0) is 0 Å². The van der Waals surface area contributed by atoms with Gasteiger partial charge >= 0.3 is 0 Å².